The molecule has 53 heavy (non-hydrogen) atoms. The number of ether oxygens (including phenoxy) is 3. The number of aliphatic hydroxyl groups excluding tert-OH is 6. The van der Waals surface area contributed by atoms with Crippen molar-refractivity contribution in [2.45, 2.75) is 96.7 Å². The molecule has 1 aliphatic rings. The van der Waals surface area contributed by atoms with Gasteiger partial charge in [-0.15, -0.1) is 0 Å². The average Bonchev–Trinajstić information content (AvgIpc) is 3.16. The smallest absolute Gasteiger partial charge is 0.260 e. The minimum absolute atomic E-state index is 0.0633. The van der Waals surface area contributed by atoms with Crippen LogP contribution in [0.3, 0.4) is 0 Å². The van der Waals surface area contributed by atoms with Crippen LogP contribution in [0, 0.1) is 0 Å². The maximum Gasteiger partial charge on any atom is 0.260 e. The van der Waals surface area contributed by atoms with Crippen molar-refractivity contribution in [1.82, 2.24) is 5.48 Å². The molecule has 7 atom stereocenters. The summed E-state index contributed by atoms with van der Waals surface area (Å²) in [6, 6.07) is 27.6. The van der Waals surface area contributed by atoms with Crippen molar-refractivity contribution in [3.8, 4) is 0 Å². The van der Waals surface area contributed by atoms with Gasteiger partial charge in [0.05, 0.1) is 25.9 Å². The fraction of sp³-hybridized carbons (Fsp3) is 0.395. The Morgan fingerprint density at radius 3 is 1.30 bits per heavy atom. The monoisotopic (exact) mass is 743 g/mol. The summed E-state index contributed by atoms with van der Waals surface area (Å²) in [6.07, 6.45) is -2.66. The lowest BCUT2D eigenvalue weighted by atomic mass is 10.1. The molecule has 0 spiro atoms. The van der Waals surface area contributed by atoms with E-state index in [0.29, 0.717) is 25.5 Å². The number of amides is 1. The molecule has 0 aliphatic carbocycles. The molecule has 0 aromatic heterocycles. The van der Waals surface area contributed by atoms with Crippen molar-refractivity contribution < 1.29 is 59.6 Å². The molecule has 1 heterocycles. The molecular formula is C38H53N3O12. The van der Waals surface area contributed by atoms with Crippen molar-refractivity contribution in [3.63, 3.8) is 0 Å². The molecule has 1 aliphatic heterocycles. The van der Waals surface area contributed by atoms with E-state index in [0.717, 1.165) is 16.7 Å². The number of carbonyl (C=O) groups excluding carboxylic acids is 2. The normalized spacial score (nSPS) is 15.9. The fourth-order valence-electron chi connectivity index (χ4n) is 3.73. The zero-order chi connectivity index (χ0) is 39.6. The van der Waals surface area contributed by atoms with Crippen LogP contribution in [0.2, 0.25) is 0 Å². The predicted molar refractivity (Wildman–Crippen MR) is 195 cm³/mol. The van der Waals surface area contributed by atoms with Crippen LogP contribution in [0.5, 0.6) is 0 Å². The largest absolute Gasteiger partial charge is 0.388 e. The van der Waals surface area contributed by atoms with Crippen LogP contribution in [0.4, 0.5) is 0 Å². The second-order valence-corrected chi connectivity index (χ2v) is 11.7. The van der Waals surface area contributed by atoms with Gasteiger partial charge in [-0.1, -0.05) is 91.0 Å². The predicted octanol–water partition coefficient (Wildman–Crippen LogP) is 1.84. The second kappa shape index (κ2) is 27.4. The zero-order valence-electron chi connectivity index (χ0n) is 30.1. The van der Waals surface area contributed by atoms with E-state index in [1.165, 1.54) is 38.5 Å². The second-order valence-electron chi connectivity index (χ2n) is 11.7. The Bertz CT molecular complexity index is 1330. The van der Waals surface area contributed by atoms with Gasteiger partial charge in [0.2, 0.25) is 0 Å². The molecule has 0 saturated carbocycles. The summed E-state index contributed by atoms with van der Waals surface area (Å²) in [5.41, 5.74) is 10.2. The van der Waals surface area contributed by atoms with E-state index >= 15 is 0 Å². The highest BCUT2D eigenvalue weighted by Gasteiger charge is 2.16. The Labute approximate surface area is 309 Å². The number of benzene rings is 3. The SMILES string of the molecule is CC(O)C(O)OCc1ccccc1.CC(O)C(O)OCc1ccccc1.CC(O)C(O)OCc1ccccc1.NC(CC1=CC(=O)CC=N1)C(=O)NO. The van der Waals surface area contributed by atoms with Gasteiger partial charge in [0.25, 0.3) is 5.91 Å². The molecule has 0 radical (unpaired) electrons. The van der Waals surface area contributed by atoms with E-state index < -0.39 is 49.1 Å². The van der Waals surface area contributed by atoms with Crippen molar-refractivity contribution in [3.05, 3.63) is 119 Å². The molecular weight excluding hydrogens is 690 g/mol. The third-order valence-electron chi connectivity index (χ3n) is 6.78. The number of aliphatic imine (C=N–C) groups is 1. The lowest BCUT2D eigenvalue weighted by Gasteiger charge is -2.14. The highest BCUT2D eigenvalue weighted by atomic mass is 16.6. The van der Waals surface area contributed by atoms with Gasteiger partial charge in [-0.3, -0.25) is 19.8 Å². The summed E-state index contributed by atoms with van der Waals surface area (Å²) in [5.74, 6) is -0.759. The molecule has 15 heteroatoms. The first-order chi connectivity index (χ1) is 25.2. The highest BCUT2D eigenvalue weighted by molar-refractivity contribution is 6.01. The number of carbonyl (C=O) groups is 2. The lowest BCUT2D eigenvalue weighted by Crippen LogP contribution is -2.39. The number of nitrogens with one attached hydrogen (secondary N) is 1. The summed E-state index contributed by atoms with van der Waals surface area (Å²) < 4.78 is 15.0. The van der Waals surface area contributed by atoms with Crippen molar-refractivity contribution in [2.24, 2.45) is 10.7 Å². The van der Waals surface area contributed by atoms with Gasteiger partial charge in [0.15, 0.2) is 24.7 Å². The van der Waals surface area contributed by atoms with Crippen LogP contribution in [0.15, 0.2) is 108 Å². The topological polar surface area (TPSA) is 254 Å². The third kappa shape index (κ3) is 22.4. The van der Waals surface area contributed by atoms with E-state index in [1.54, 1.807) is 0 Å². The first-order valence-electron chi connectivity index (χ1n) is 16.7. The molecule has 292 valence electrons. The summed E-state index contributed by atoms with van der Waals surface area (Å²) in [6.45, 7) is 5.38. The lowest BCUT2D eigenvalue weighted by molar-refractivity contribution is -0.162. The Hall–Kier alpha value is -4.23. The molecule has 0 saturated heterocycles. The van der Waals surface area contributed by atoms with Crippen LogP contribution in [-0.2, 0) is 43.6 Å². The first kappa shape index (κ1) is 46.8. The minimum atomic E-state index is -1.11. The molecule has 4 rings (SSSR count). The Morgan fingerprint density at radius 2 is 1.02 bits per heavy atom. The standard InChI is InChI=1S/3C10H14O3.C8H11N3O3/c3*1-8(11)10(12)13-7-9-5-3-2-4-6-9;9-7(8(13)11-14)4-5-3-6(12)1-2-10-5/h3*2-6,8,10-12H,7H2,1H3;2-3,7,14H,1,4,9H2,(H,11,13). The molecule has 15 nitrogen and oxygen atoms in total. The van der Waals surface area contributed by atoms with E-state index in [9.17, 15) is 9.59 Å². The number of aliphatic hydroxyl groups is 6. The highest BCUT2D eigenvalue weighted by Crippen LogP contribution is 2.10. The number of rotatable bonds is 15. The molecule has 3 aromatic rings. The molecule has 7 unspecified atom stereocenters. The fourth-order valence-corrected chi connectivity index (χ4v) is 3.73. The Balaban J connectivity index is 0.000000354. The quantitative estimate of drug-likeness (QED) is 0.0613. The van der Waals surface area contributed by atoms with Crippen LogP contribution in [0.1, 0.15) is 50.3 Å². The summed E-state index contributed by atoms with van der Waals surface area (Å²) >= 11 is 0. The summed E-state index contributed by atoms with van der Waals surface area (Å²) in [4.78, 5) is 25.7. The van der Waals surface area contributed by atoms with Crippen LogP contribution in [0.25, 0.3) is 0 Å². The first-order valence-corrected chi connectivity index (χ1v) is 16.7. The number of hydroxylamine groups is 1. The zero-order valence-corrected chi connectivity index (χ0v) is 30.1. The van der Waals surface area contributed by atoms with E-state index in [4.69, 9.17) is 55.8 Å². The molecule has 0 bridgehead atoms. The van der Waals surface area contributed by atoms with Crippen LogP contribution >= 0.6 is 0 Å². The van der Waals surface area contributed by atoms with Gasteiger partial charge in [-0.2, -0.15) is 0 Å². The summed E-state index contributed by atoms with van der Waals surface area (Å²) in [5, 5.41) is 62.4. The number of nitrogens with two attached hydrogens (primary N) is 1. The molecule has 10 N–H and O–H groups in total. The van der Waals surface area contributed by atoms with Gasteiger partial charge in [-0.25, -0.2) is 5.48 Å². The van der Waals surface area contributed by atoms with E-state index in [1.807, 2.05) is 91.0 Å². The molecule has 3 aromatic carbocycles. The average molecular weight is 744 g/mol. The number of hydrogen-bond donors (Lipinski definition) is 9. The maximum atomic E-state index is 10.9. The maximum absolute atomic E-state index is 10.9. The van der Waals surface area contributed by atoms with Gasteiger partial charge < -0.3 is 50.6 Å². The summed E-state index contributed by atoms with van der Waals surface area (Å²) in [7, 11) is 0. The number of ketones is 1. The van der Waals surface area contributed by atoms with E-state index in [2.05, 4.69) is 4.99 Å². The van der Waals surface area contributed by atoms with Gasteiger partial charge in [0.1, 0.15) is 18.3 Å². The minimum Gasteiger partial charge on any atom is -0.388 e. The number of hydrogen-bond acceptors (Lipinski definition) is 14. The van der Waals surface area contributed by atoms with Crippen molar-refractivity contribution >= 4 is 17.9 Å². The van der Waals surface area contributed by atoms with Gasteiger partial charge >= 0.3 is 0 Å². The molecule has 1 amide bonds. The van der Waals surface area contributed by atoms with Gasteiger partial charge in [-0.05, 0) is 37.5 Å². The number of allylic oxidation sites excluding steroid dienone is 1. The van der Waals surface area contributed by atoms with Crippen molar-refractivity contribution in [1.29, 1.82) is 0 Å². The van der Waals surface area contributed by atoms with Gasteiger partial charge in [0, 0.05) is 30.8 Å². The van der Waals surface area contributed by atoms with E-state index in [-0.39, 0.29) is 18.6 Å². The molecule has 0 fully saturated rings. The third-order valence-corrected chi connectivity index (χ3v) is 6.78. The van der Waals surface area contributed by atoms with Crippen LogP contribution < -0.4 is 11.2 Å². The Kier molecular flexibility index (Phi) is 24.2. The van der Waals surface area contributed by atoms with Crippen LogP contribution in [-0.4, -0.2) is 97.0 Å². The Morgan fingerprint density at radius 1 is 0.679 bits per heavy atom. The number of nitrogens with zero attached hydrogens (tertiary/aromatic N) is 1. The van der Waals surface area contributed by atoms with Crippen molar-refractivity contribution in [2.75, 3.05) is 0 Å².